The first-order valence-electron chi connectivity index (χ1n) is 2.38. The van der Waals surface area contributed by atoms with Crippen molar-refractivity contribution in [1.29, 1.82) is 0 Å². The molecule has 5 heteroatoms. The predicted molar refractivity (Wildman–Crippen MR) is 27.1 cm³/mol. The molecular weight excluding hydrogens is 321 g/mol. The average molecular weight is 329 g/mol. The molecule has 0 spiro atoms. The molecule has 0 aromatic rings. The van der Waals surface area contributed by atoms with Gasteiger partial charge in [0.1, 0.15) is 0 Å². The summed E-state index contributed by atoms with van der Waals surface area (Å²) in [5.74, 6) is -1.02. The zero-order valence-corrected chi connectivity index (χ0v) is 8.67. The fraction of sp³-hybridized carbons (Fsp3) is 0.600. The van der Waals surface area contributed by atoms with Crippen LogP contribution in [0.2, 0.25) is 0 Å². The third-order valence-electron chi connectivity index (χ3n) is 0.546. The molecule has 0 saturated carbocycles. The summed E-state index contributed by atoms with van der Waals surface area (Å²) in [7, 11) is 0. The molecule has 0 aliphatic carbocycles. The SMILES string of the molecule is CCC(=O)OC(C)=O.[Pd].[Pd]. The van der Waals surface area contributed by atoms with Crippen LogP contribution >= 0.6 is 0 Å². The van der Waals surface area contributed by atoms with E-state index in [2.05, 4.69) is 4.74 Å². The number of rotatable bonds is 1. The second kappa shape index (κ2) is 9.46. The quantitative estimate of drug-likeness (QED) is 0.399. The minimum absolute atomic E-state index is 0. The molecular formula is C5H8O3Pd2. The van der Waals surface area contributed by atoms with E-state index in [9.17, 15) is 9.59 Å². The van der Waals surface area contributed by atoms with Gasteiger partial charge in [-0.1, -0.05) is 6.92 Å². The molecule has 66 valence electrons. The zero-order chi connectivity index (χ0) is 6.57. The Morgan fingerprint density at radius 2 is 1.70 bits per heavy atom. The Morgan fingerprint density at radius 1 is 1.30 bits per heavy atom. The van der Waals surface area contributed by atoms with Crippen molar-refractivity contribution in [1.82, 2.24) is 0 Å². The summed E-state index contributed by atoms with van der Waals surface area (Å²) in [4.78, 5) is 20.1. The van der Waals surface area contributed by atoms with Crippen LogP contribution in [-0.2, 0) is 55.2 Å². The van der Waals surface area contributed by atoms with Crippen molar-refractivity contribution < 1.29 is 55.2 Å². The number of carbonyl (C=O) groups excluding carboxylic acids is 2. The van der Waals surface area contributed by atoms with E-state index >= 15 is 0 Å². The van der Waals surface area contributed by atoms with Crippen molar-refractivity contribution in [3.8, 4) is 0 Å². The van der Waals surface area contributed by atoms with Crippen molar-refractivity contribution in [3.05, 3.63) is 0 Å². The first-order chi connectivity index (χ1) is 3.66. The van der Waals surface area contributed by atoms with Gasteiger partial charge in [0.05, 0.1) is 0 Å². The molecule has 0 N–H and O–H groups in total. The first-order valence-corrected chi connectivity index (χ1v) is 2.38. The fourth-order valence-electron chi connectivity index (χ4n) is 0.232. The third kappa shape index (κ3) is 11.3. The van der Waals surface area contributed by atoms with Crippen LogP contribution in [-0.4, -0.2) is 11.9 Å². The molecule has 0 atom stereocenters. The molecule has 0 rings (SSSR count). The van der Waals surface area contributed by atoms with E-state index in [0.717, 1.165) is 0 Å². The second-order valence-electron chi connectivity index (χ2n) is 1.32. The van der Waals surface area contributed by atoms with Gasteiger partial charge in [-0.3, -0.25) is 9.59 Å². The molecule has 3 nitrogen and oxygen atoms in total. The summed E-state index contributed by atoms with van der Waals surface area (Å²) >= 11 is 0. The maximum atomic E-state index is 10.2. The molecule has 0 unspecified atom stereocenters. The van der Waals surface area contributed by atoms with Crippen LogP contribution in [0.4, 0.5) is 0 Å². The summed E-state index contributed by atoms with van der Waals surface area (Å²) in [5, 5.41) is 0. The van der Waals surface area contributed by atoms with Gasteiger partial charge in [-0.15, -0.1) is 0 Å². The van der Waals surface area contributed by atoms with Crippen LogP contribution in [0.1, 0.15) is 20.3 Å². The molecule has 0 heterocycles. The minimum atomic E-state index is -0.545. The molecule has 0 amide bonds. The number of carbonyl (C=O) groups is 2. The van der Waals surface area contributed by atoms with Gasteiger partial charge in [0.2, 0.25) is 0 Å². The predicted octanol–water partition coefficient (Wildman–Crippen LogP) is 0.481. The summed E-state index contributed by atoms with van der Waals surface area (Å²) in [6.07, 6.45) is 0.250. The zero-order valence-electron chi connectivity index (χ0n) is 5.56. The monoisotopic (exact) mass is 328 g/mol. The van der Waals surface area contributed by atoms with Crippen LogP contribution < -0.4 is 0 Å². The largest absolute Gasteiger partial charge is 0.393 e. The molecule has 0 bridgehead atoms. The average Bonchev–Trinajstić information content (AvgIpc) is 1.65. The van der Waals surface area contributed by atoms with Crippen LogP contribution in [0.5, 0.6) is 0 Å². The number of hydrogen-bond acceptors (Lipinski definition) is 3. The smallest absolute Gasteiger partial charge is 0.313 e. The normalized spacial score (nSPS) is 6.60. The minimum Gasteiger partial charge on any atom is -0.393 e. The Morgan fingerprint density at radius 3 is 1.80 bits per heavy atom. The van der Waals surface area contributed by atoms with Crippen LogP contribution in [0.25, 0.3) is 0 Å². The Balaban J connectivity index is -0.000000245. The van der Waals surface area contributed by atoms with E-state index in [-0.39, 0.29) is 47.3 Å². The molecule has 0 fully saturated rings. The number of ether oxygens (including phenoxy) is 1. The van der Waals surface area contributed by atoms with Crippen LogP contribution in [0.15, 0.2) is 0 Å². The molecule has 0 aliphatic rings. The molecule has 0 aromatic carbocycles. The Kier molecular flexibility index (Phi) is 15.9. The summed E-state index contributed by atoms with van der Waals surface area (Å²) in [6.45, 7) is 2.83. The number of esters is 2. The van der Waals surface area contributed by atoms with Gasteiger partial charge in [0.15, 0.2) is 0 Å². The maximum absolute atomic E-state index is 10.2. The van der Waals surface area contributed by atoms with E-state index in [1.165, 1.54) is 6.92 Å². The summed E-state index contributed by atoms with van der Waals surface area (Å²) < 4.78 is 4.12. The van der Waals surface area contributed by atoms with Gasteiger partial charge in [-0.05, 0) is 0 Å². The van der Waals surface area contributed by atoms with Gasteiger partial charge in [-0.2, -0.15) is 0 Å². The standard InChI is InChI=1S/C5H8O3.2Pd/c1-3-5(7)8-4(2)6;;/h3H2,1-2H3;;. The van der Waals surface area contributed by atoms with Gasteiger partial charge < -0.3 is 4.74 Å². The van der Waals surface area contributed by atoms with Crippen molar-refractivity contribution in [2.45, 2.75) is 20.3 Å². The maximum Gasteiger partial charge on any atom is 0.313 e. The van der Waals surface area contributed by atoms with Gasteiger partial charge in [0.25, 0.3) is 0 Å². The summed E-state index contributed by atoms with van der Waals surface area (Å²) in [5.41, 5.74) is 0. The van der Waals surface area contributed by atoms with E-state index in [0.29, 0.717) is 0 Å². The van der Waals surface area contributed by atoms with E-state index in [4.69, 9.17) is 0 Å². The van der Waals surface area contributed by atoms with Crippen molar-refractivity contribution in [2.24, 2.45) is 0 Å². The van der Waals surface area contributed by atoms with Crippen molar-refractivity contribution in [3.63, 3.8) is 0 Å². The van der Waals surface area contributed by atoms with Gasteiger partial charge >= 0.3 is 11.9 Å². The Bertz CT molecular complexity index is 113. The molecule has 0 saturated heterocycles. The molecule has 10 heavy (non-hydrogen) atoms. The first kappa shape index (κ1) is 16.8. The van der Waals surface area contributed by atoms with Gasteiger partial charge in [-0.25, -0.2) is 0 Å². The van der Waals surface area contributed by atoms with Crippen LogP contribution in [0, 0.1) is 0 Å². The molecule has 0 radical (unpaired) electrons. The Hall–Kier alpha value is 0.465. The topological polar surface area (TPSA) is 43.4 Å². The molecule has 0 aromatic heterocycles. The van der Waals surface area contributed by atoms with Crippen LogP contribution in [0.3, 0.4) is 0 Å². The van der Waals surface area contributed by atoms with E-state index < -0.39 is 11.9 Å². The second-order valence-corrected chi connectivity index (χ2v) is 1.32. The Labute approximate surface area is 87.2 Å². The third-order valence-corrected chi connectivity index (χ3v) is 0.546. The summed E-state index contributed by atoms with van der Waals surface area (Å²) in [6, 6.07) is 0. The van der Waals surface area contributed by atoms with Crippen molar-refractivity contribution >= 4 is 11.9 Å². The van der Waals surface area contributed by atoms with E-state index in [1.807, 2.05) is 0 Å². The van der Waals surface area contributed by atoms with Crippen molar-refractivity contribution in [2.75, 3.05) is 0 Å². The van der Waals surface area contributed by atoms with E-state index in [1.54, 1.807) is 6.92 Å². The number of hydrogen-bond donors (Lipinski definition) is 0. The van der Waals surface area contributed by atoms with Gasteiger partial charge in [0, 0.05) is 54.2 Å². The fourth-order valence-corrected chi connectivity index (χ4v) is 0.232. The molecule has 0 aliphatic heterocycles.